The maximum absolute atomic E-state index is 11.3. The molecular weight excluding hydrogens is 304 g/mol. The van der Waals surface area contributed by atoms with Crippen molar-refractivity contribution in [2.24, 2.45) is 15.4 Å². The molecule has 3 rings (SSSR count). The summed E-state index contributed by atoms with van der Waals surface area (Å²) < 4.78 is 22.6. The Kier molecular flexibility index (Phi) is 3.67. The molecule has 0 saturated heterocycles. The molecule has 1 aliphatic rings. The van der Waals surface area contributed by atoms with Crippen molar-refractivity contribution in [1.82, 2.24) is 10.2 Å². The van der Waals surface area contributed by atoms with E-state index in [0.29, 0.717) is 23.0 Å². The summed E-state index contributed by atoms with van der Waals surface area (Å²) >= 11 is 0. The average Bonchev–Trinajstić information content (AvgIpc) is 3.24. The number of nitrogen functional groups attached to an aromatic ring is 1. The number of hydrogen-bond donors (Lipinski definition) is 3. The Balaban J connectivity index is 1.77. The lowest BCUT2D eigenvalue weighted by Crippen LogP contribution is -2.12. The van der Waals surface area contributed by atoms with E-state index >= 15 is 0 Å². The minimum Gasteiger partial charge on any atom is -0.380 e. The molecule has 0 atom stereocenters. The van der Waals surface area contributed by atoms with Gasteiger partial charge in [-0.25, -0.2) is 13.6 Å². The number of benzene rings is 1. The standard InChI is InChI=1S/C13H16N6O2S/c14-13-12(11(18-19-13)9-4-5-9)17-16-7-8-2-1-3-10(6-8)22(15,20)21/h1-3,6,9H,4-5,7H2,(H3,14,18,19)(H2,15,20,21). The van der Waals surface area contributed by atoms with Crippen LogP contribution in [-0.4, -0.2) is 18.6 Å². The fraction of sp³-hybridized carbons (Fsp3) is 0.308. The van der Waals surface area contributed by atoms with E-state index in [9.17, 15) is 8.42 Å². The van der Waals surface area contributed by atoms with Gasteiger partial charge in [0.1, 0.15) is 0 Å². The average molecular weight is 320 g/mol. The number of aromatic amines is 1. The second-order valence-electron chi connectivity index (χ2n) is 5.24. The molecule has 116 valence electrons. The SMILES string of the molecule is Nc1n[nH]c(C2CC2)c1N=NCc1cccc(S(N)(=O)=O)c1. The van der Waals surface area contributed by atoms with Crippen LogP contribution in [0.15, 0.2) is 39.4 Å². The number of aromatic nitrogens is 2. The van der Waals surface area contributed by atoms with Crippen molar-refractivity contribution in [2.75, 3.05) is 5.73 Å². The maximum Gasteiger partial charge on any atom is 0.238 e. The summed E-state index contributed by atoms with van der Waals surface area (Å²) in [6.07, 6.45) is 2.20. The second kappa shape index (κ2) is 5.50. The molecule has 0 unspecified atom stereocenters. The molecule has 0 amide bonds. The fourth-order valence-electron chi connectivity index (χ4n) is 2.13. The van der Waals surface area contributed by atoms with Crippen molar-refractivity contribution in [1.29, 1.82) is 0 Å². The Morgan fingerprint density at radius 3 is 2.82 bits per heavy atom. The third-order valence-corrected chi connectivity index (χ3v) is 4.34. The lowest BCUT2D eigenvalue weighted by atomic mass is 10.2. The van der Waals surface area contributed by atoms with Gasteiger partial charge >= 0.3 is 0 Å². The van der Waals surface area contributed by atoms with Crippen molar-refractivity contribution in [3.8, 4) is 0 Å². The highest BCUT2D eigenvalue weighted by Gasteiger charge is 2.29. The molecule has 1 heterocycles. The summed E-state index contributed by atoms with van der Waals surface area (Å²) in [5.74, 6) is 0.758. The molecule has 1 aromatic heterocycles. The number of primary sulfonamides is 1. The van der Waals surface area contributed by atoms with Crippen molar-refractivity contribution < 1.29 is 8.42 Å². The normalized spacial score (nSPS) is 15.5. The molecule has 9 heteroatoms. The molecule has 0 aliphatic heterocycles. The highest BCUT2D eigenvalue weighted by atomic mass is 32.2. The van der Waals surface area contributed by atoms with E-state index in [1.807, 2.05) is 0 Å². The van der Waals surface area contributed by atoms with E-state index < -0.39 is 10.0 Å². The Labute approximate surface area is 127 Å². The smallest absolute Gasteiger partial charge is 0.238 e. The number of nitrogens with one attached hydrogen (secondary N) is 1. The highest BCUT2D eigenvalue weighted by molar-refractivity contribution is 7.89. The van der Waals surface area contributed by atoms with Crippen molar-refractivity contribution in [3.63, 3.8) is 0 Å². The number of anilines is 1. The summed E-state index contributed by atoms with van der Waals surface area (Å²) in [5.41, 5.74) is 7.97. The Morgan fingerprint density at radius 2 is 2.14 bits per heavy atom. The molecule has 1 aromatic carbocycles. The summed E-state index contributed by atoms with van der Waals surface area (Å²) in [6.45, 7) is 0.234. The van der Waals surface area contributed by atoms with Crippen LogP contribution in [0, 0.1) is 0 Å². The molecule has 5 N–H and O–H groups in total. The van der Waals surface area contributed by atoms with Crippen LogP contribution in [0.4, 0.5) is 11.5 Å². The minimum atomic E-state index is -3.72. The van der Waals surface area contributed by atoms with Gasteiger partial charge in [0, 0.05) is 5.92 Å². The lowest BCUT2D eigenvalue weighted by molar-refractivity contribution is 0.597. The molecule has 8 nitrogen and oxygen atoms in total. The van der Waals surface area contributed by atoms with Crippen molar-refractivity contribution in [2.45, 2.75) is 30.2 Å². The summed E-state index contributed by atoms with van der Waals surface area (Å²) in [6, 6.07) is 6.30. The Hall–Kier alpha value is -2.26. The molecule has 1 aliphatic carbocycles. The zero-order valence-electron chi connectivity index (χ0n) is 11.7. The molecule has 0 spiro atoms. The van der Waals surface area contributed by atoms with Crippen molar-refractivity contribution in [3.05, 3.63) is 35.5 Å². The Bertz CT molecular complexity index is 823. The van der Waals surface area contributed by atoms with Gasteiger partial charge in [-0.3, -0.25) is 5.10 Å². The molecule has 22 heavy (non-hydrogen) atoms. The number of nitrogens with two attached hydrogens (primary N) is 2. The summed E-state index contributed by atoms with van der Waals surface area (Å²) in [5, 5.41) is 20.2. The summed E-state index contributed by atoms with van der Waals surface area (Å²) in [4.78, 5) is 0.0571. The van der Waals surface area contributed by atoms with Gasteiger partial charge in [0.05, 0.1) is 17.1 Å². The zero-order chi connectivity index (χ0) is 15.7. The van der Waals surface area contributed by atoms with Crippen LogP contribution < -0.4 is 10.9 Å². The van der Waals surface area contributed by atoms with Gasteiger partial charge in [-0.05, 0) is 30.5 Å². The van der Waals surface area contributed by atoms with Crippen LogP contribution in [0.25, 0.3) is 0 Å². The van der Waals surface area contributed by atoms with Gasteiger partial charge in [-0.1, -0.05) is 12.1 Å². The molecule has 1 saturated carbocycles. The van der Waals surface area contributed by atoms with Gasteiger partial charge in [-0.2, -0.15) is 10.2 Å². The zero-order valence-corrected chi connectivity index (χ0v) is 12.5. The first-order valence-electron chi connectivity index (χ1n) is 6.78. The minimum absolute atomic E-state index is 0.0571. The third kappa shape index (κ3) is 3.15. The molecule has 0 bridgehead atoms. The largest absolute Gasteiger partial charge is 0.380 e. The highest BCUT2D eigenvalue weighted by Crippen LogP contribution is 2.44. The second-order valence-corrected chi connectivity index (χ2v) is 6.80. The van der Waals surface area contributed by atoms with E-state index in [2.05, 4.69) is 20.4 Å². The van der Waals surface area contributed by atoms with E-state index in [1.54, 1.807) is 12.1 Å². The fourth-order valence-corrected chi connectivity index (χ4v) is 2.72. The van der Waals surface area contributed by atoms with Gasteiger partial charge in [0.15, 0.2) is 11.5 Å². The van der Waals surface area contributed by atoms with Gasteiger partial charge in [0.2, 0.25) is 10.0 Å². The molecule has 0 radical (unpaired) electrons. The third-order valence-electron chi connectivity index (χ3n) is 3.43. The van der Waals surface area contributed by atoms with E-state index in [0.717, 1.165) is 18.5 Å². The number of sulfonamides is 1. The molecule has 2 aromatic rings. The monoisotopic (exact) mass is 320 g/mol. The number of H-pyrrole nitrogens is 1. The van der Waals surface area contributed by atoms with E-state index in [1.165, 1.54) is 12.1 Å². The Morgan fingerprint density at radius 1 is 1.36 bits per heavy atom. The van der Waals surface area contributed by atoms with Crippen LogP contribution in [0.1, 0.15) is 30.0 Å². The quantitative estimate of drug-likeness (QED) is 0.722. The summed E-state index contributed by atoms with van der Waals surface area (Å²) in [7, 11) is -3.72. The topological polar surface area (TPSA) is 140 Å². The van der Waals surface area contributed by atoms with Crippen LogP contribution in [-0.2, 0) is 16.6 Å². The predicted molar refractivity (Wildman–Crippen MR) is 81.0 cm³/mol. The van der Waals surface area contributed by atoms with Crippen LogP contribution >= 0.6 is 0 Å². The van der Waals surface area contributed by atoms with E-state index in [-0.39, 0.29) is 11.4 Å². The maximum atomic E-state index is 11.3. The number of azo groups is 1. The first-order chi connectivity index (χ1) is 10.4. The van der Waals surface area contributed by atoms with Gasteiger partial charge < -0.3 is 5.73 Å². The number of nitrogens with zero attached hydrogens (tertiary/aromatic N) is 3. The number of rotatable bonds is 5. The van der Waals surface area contributed by atoms with Crippen molar-refractivity contribution >= 4 is 21.5 Å². The van der Waals surface area contributed by atoms with Crippen LogP contribution in [0.5, 0.6) is 0 Å². The predicted octanol–water partition coefficient (Wildman–Crippen LogP) is 1.80. The number of hydrogen-bond acceptors (Lipinski definition) is 6. The van der Waals surface area contributed by atoms with Crippen LogP contribution in [0.2, 0.25) is 0 Å². The first-order valence-corrected chi connectivity index (χ1v) is 8.33. The first kappa shape index (κ1) is 14.7. The molecule has 1 fully saturated rings. The lowest BCUT2D eigenvalue weighted by Gasteiger charge is -2.00. The van der Waals surface area contributed by atoms with E-state index in [4.69, 9.17) is 10.9 Å². The van der Waals surface area contributed by atoms with Gasteiger partial charge in [0.25, 0.3) is 0 Å². The van der Waals surface area contributed by atoms with Crippen LogP contribution in [0.3, 0.4) is 0 Å². The van der Waals surface area contributed by atoms with Gasteiger partial charge in [-0.15, -0.1) is 5.11 Å². The molecular formula is C13H16N6O2S.